The minimum atomic E-state index is -0.556. The number of hydrogen-bond acceptors (Lipinski definition) is 7. The Bertz CT molecular complexity index is 5640. The van der Waals surface area contributed by atoms with Gasteiger partial charge in [0.1, 0.15) is 0 Å². The maximum absolute atomic E-state index is 12.4. The first-order valence-electron chi connectivity index (χ1n) is 57.0. The van der Waals surface area contributed by atoms with E-state index < -0.39 is 10.8 Å². The van der Waals surface area contributed by atoms with E-state index in [1.807, 2.05) is 37.3 Å². The summed E-state index contributed by atoms with van der Waals surface area (Å²) in [5, 5.41) is 0. The molecule has 145 heavy (non-hydrogen) atoms. The predicted octanol–water partition coefficient (Wildman–Crippen LogP) is 45.1. The molecule has 0 aliphatic heterocycles. The Labute approximate surface area is 933 Å². The van der Waals surface area contributed by atoms with Crippen molar-refractivity contribution in [2.24, 2.45) is 0 Å². The second-order valence-electron chi connectivity index (χ2n) is 42.0. The molecule has 13 aromatic rings. The first-order valence-corrected chi connectivity index (χ1v) is 64.3. The number of ketones is 1. The first-order chi connectivity index (χ1) is 70.7. The van der Waals surface area contributed by atoms with Crippen molar-refractivity contribution < 1.29 is 14.3 Å². The molecule has 0 radical (unpaired) electrons. The van der Waals surface area contributed by atoms with Crippen molar-refractivity contribution in [2.45, 2.75) is 414 Å². The van der Waals surface area contributed by atoms with Crippen LogP contribution >= 0.6 is 125 Å². The molecule has 15 rings (SSSR count). The van der Waals surface area contributed by atoms with E-state index in [0.717, 1.165) is 96.2 Å². The van der Waals surface area contributed by atoms with Crippen LogP contribution in [0.2, 0.25) is 0 Å². The number of methoxy groups -OCH3 is 1. The number of esters is 1. The van der Waals surface area contributed by atoms with Crippen LogP contribution in [0.3, 0.4) is 0 Å². The van der Waals surface area contributed by atoms with Gasteiger partial charge in [-0.2, -0.15) is 0 Å². The number of fused-ring (bicyclic) bond motifs is 10. The van der Waals surface area contributed by atoms with Crippen molar-refractivity contribution in [1.82, 2.24) is 0 Å². The highest BCUT2D eigenvalue weighted by Crippen LogP contribution is 2.69. The number of benzene rings is 9. The van der Waals surface area contributed by atoms with Crippen LogP contribution in [0.15, 0.2) is 198 Å². The molecule has 0 spiro atoms. The number of halogens is 5. The summed E-state index contributed by atoms with van der Waals surface area (Å²) in [7, 11) is 1.39. The Morgan fingerprint density at radius 1 is 0.248 bits per heavy atom. The fourth-order valence-electron chi connectivity index (χ4n) is 22.7. The van der Waals surface area contributed by atoms with Gasteiger partial charge in [-0.3, -0.25) is 4.79 Å². The third-order valence-corrected chi connectivity index (χ3v) is 37.8. The molecular weight excluding hydrogens is 2170 g/mol. The number of carbonyl (C=O) groups excluding carboxylic acids is 2. The molecule has 4 aromatic heterocycles. The standard InChI is InChI=1S/C92H122Br2S2.C23H16Br2O3S2.C18H29Br/c1-9-17-25-33-41-67-53-68(42-34-26-18-10-2)58-75(57-67)91(76-59-69(43-35-27-19-11-3)54-70(60-76)44-36-28-20-12-4)83-65-79(93)49-51-81(83)87-85(91)89-90(95-87)86-88(96-89)82-52-50-80(94)66-84(82)92(86,77-61-71(45-37-29-21-13-5)55-72(62-77)46-38-30-22-14-6)78-63-73(47-39-31-23-15-7)56-74(64-78)48-40-32-24-16-8;1-3-18(26)16-8-12(24)4-6-14(16)19-10-21-22(29-19)11-20(30-21)15-7-5-13(25)9-17(15)23(27)28-2;1-3-5-7-9-11-16-13-17(15-18(19)14-16)12-10-8-6-4-2/h49-66H,9-48H2,1-8H3;4-11H,3H2,1-2H3;13-15H,3-12H2,1-2H3. The average Bonchev–Trinajstić information content (AvgIpc) is 1.48. The van der Waals surface area contributed by atoms with Gasteiger partial charge in [-0.25, -0.2) is 4.79 Å². The minimum absolute atomic E-state index is 0.126. The van der Waals surface area contributed by atoms with Crippen LogP contribution in [0.5, 0.6) is 0 Å². The average molecular weight is 2340 g/mol. The van der Waals surface area contributed by atoms with E-state index in [0.29, 0.717) is 12.0 Å². The lowest BCUT2D eigenvalue weighted by Gasteiger charge is -2.36. The van der Waals surface area contributed by atoms with Crippen LogP contribution in [0, 0.1) is 0 Å². The second-order valence-corrected chi connectivity index (χ2v) is 50.8. The Morgan fingerprint density at radius 2 is 0.483 bits per heavy atom. The first kappa shape index (κ1) is 116. The highest BCUT2D eigenvalue weighted by molar-refractivity contribution is 9.11. The third kappa shape index (κ3) is 30.3. The molecule has 3 nitrogen and oxygen atoms in total. The summed E-state index contributed by atoms with van der Waals surface area (Å²) in [5.41, 5.74) is 32.2. The van der Waals surface area contributed by atoms with Gasteiger partial charge in [-0.05, 0) is 301 Å². The molecule has 0 amide bonds. The van der Waals surface area contributed by atoms with Crippen LogP contribution in [-0.2, 0) is 79.8 Å². The van der Waals surface area contributed by atoms with Crippen LogP contribution in [0.25, 0.3) is 60.6 Å². The van der Waals surface area contributed by atoms with Crippen molar-refractivity contribution in [3.63, 3.8) is 0 Å². The Kier molecular flexibility index (Phi) is 47.8. The maximum atomic E-state index is 12.4. The van der Waals surface area contributed by atoms with E-state index in [9.17, 15) is 9.59 Å². The molecule has 0 fully saturated rings. The largest absolute Gasteiger partial charge is 0.465 e. The van der Waals surface area contributed by atoms with E-state index in [1.54, 1.807) is 39.9 Å². The van der Waals surface area contributed by atoms with Crippen molar-refractivity contribution in [3.05, 3.63) is 310 Å². The lowest BCUT2D eigenvalue weighted by Crippen LogP contribution is -2.30. The van der Waals surface area contributed by atoms with Gasteiger partial charge in [-0.15, -0.1) is 45.3 Å². The quantitative estimate of drug-likeness (QED) is 0.0217. The lowest BCUT2D eigenvalue weighted by molar-refractivity contribution is 0.0601. The van der Waals surface area contributed by atoms with Gasteiger partial charge in [0, 0.05) is 85.5 Å². The molecule has 0 atom stereocenters. The van der Waals surface area contributed by atoms with Gasteiger partial charge in [0.2, 0.25) is 0 Å². The summed E-state index contributed by atoms with van der Waals surface area (Å²) in [6, 6.07) is 70.5. The number of aryl methyl sites for hydroxylation is 10. The number of hydrogen-bond donors (Lipinski definition) is 0. The summed E-state index contributed by atoms with van der Waals surface area (Å²) in [6.07, 6.45) is 63.4. The van der Waals surface area contributed by atoms with Crippen molar-refractivity contribution in [1.29, 1.82) is 0 Å². The molecule has 12 heteroatoms. The summed E-state index contributed by atoms with van der Waals surface area (Å²) < 4.78 is 15.6. The maximum Gasteiger partial charge on any atom is 0.338 e. The Morgan fingerprint density at radius 3 is 0.731 bits per heavy atom. The van der Waals surface area contributed by atoms with Gasteiger partial charge < -0.3 is 4.74 Å². The molecule has 0 unspecified atom stereocenters. The molecule has 0 saturated heterocycles. The zero-order valence-electron chi connectivity index (χ0n) is 90.1. The zero-order chi connectivity index (χ0) is 103. The van der Waals surface area contributed by atoms with Crippen LogP contribution in [0.1, 0.15) is 460 Å². The number of thiophene rings is 4. The van der Waals surface area contributed by atoms with Crippen LogP contribution in [0.4, 0.5) is 0 Å². The third-order valence-electron chi connectivity index (χ3n) is 30.4. The molecule has 2 aliphatic carbocycles. The fraction of sp³-hybridized carbons (Fsp3) is 0.489. The van der Waals surface area contributed by atoms with Crippen LogP contribution < -0.4 is 0 Å². The van der Waals surface area contributed by atoms with E-state index in [1.165, 1.54) is 409 Å². The molecule has 0 bridgehead atoms. The number of Topliss-reactive ketones (excluding diaryl/α,β-unsaturated/α-hetero) is 1. The monoisotopic (exact) mass is 2330 g/mol. The second kappa shape index (κ2) is 59.8. The molecule has 0 N–H and O–H groups in total. The van der Waals surface area contributed by atoms with Gasteiger partial charge in [0.25, 0.3) is 0 Å². The van der Waals surface area contributed by atoms with Gasteiger partial charge in [0.05, 0.1) is 32.9 Å². The van der Waals surface area contributed by atoms with E-state index in [4.69, 9.17) is 4.74 Å². The van der Waals surface area contributed by atoms with E-state index in [2.05, 4.69) is 311 Å². The lowest BCUT2D eigenvalue weighted by atomic mass is 9.65. The van der Waals surface area contributed by atoms with E-state index in [-0.39, 0.29) is 11.8 Å². The highest BCUT2D eigenvalue weighted by Gasteiger charge is 2.55. The minimum Gasteiger partial charge on any atom is -0.465 e. The number of unbranched alkanes of at least 4 members (excludes halogenated alkanes) is 30. The molecule has 776 valence electrons. The van der Waals surface area contributed by atoms with Crippen LogP contribution in [-0.4, -0.2) is 18.9 Å². The molecular formula is C133H167Br5O3S4. The van der Waals surface area contributed by atoms with Crippen molar-refractivity contribution >= 4 is 156 Å². The Balaban J connectivity index is 0.000000289. The highest BCUT2D eigenvalue weighted by atomic mass is 79.9. The number of carbonyl (C=O) groups is 2. The summed E-state index contributed by atoms with van der Waals surface area (Å²) in [6.45, 7) is 25.3. The molecule has 2 aliphatic rings. The van der Waals surface area contributed by atoms with Gasteiger partial charge in [-0.1, -0.05) is 452 Å². The smallest absolute Gasteiger partial charge is 0.338 e. The summed E-state index contributed by atoms with van der Waals surface area (Å²) in [5.74, 6) is -0.234. The molecule has 9 aromatic carbocycles. The normalized spacial score (nSPS) is 12.6. The van der Waals surface area contributed by atoms with Crippen molar-refractivity contribution in [3.8, 4) is 41.8 Å². The summed E-state index contributed by atoms with van der Waals surface area (Å²) >= 11 is 26.7. The Hall–Kier alpha value is -6.16. The van der Waals surface area contributed by atoms with Crippen molar-refractivity contribution in [2.75, 3.05) is 7.11 Å². The molecule has 0 saturated carbocycles. The number of ether oxygens (including phenoxy) is 1. The van der Waals surface area contributed by atoms with Gasteiger partial charge >= 0.3 is 5.97 Å². The topological polar surface area (TPSA) is 43.4 Å². The van der Waals surface area contributed by atoms with Gasteiger partial charge in [0.15, 0.2) is 5.78 Å². The SMILES string of the molecule is CCC(=O)c1cc(Br)ccc1-c1cc2sc(-c3ccc(Br)cc3C(=O)OC)cc2s1.CCCCCCc1cc(Br)cc(CCCCCC)c1.CCCCCCc1cc(CCCCCC)cc(C2(c3cc(CCCCCC)cc(CCCCCC)c3)c3cc(Br)ccc3-c3sc4c5c(sc4c32)-c2ccc(Br)cc2C5(c2cc(CCCCCC)cc(CCCCCC)c2)c2cc(CCCCCC)cc(CCCCCC)c2)c1. The zero-order valence-corrected chi connectivity index (χ0v) is 101. The van der Waals surface area contributed by atoms with E-state index >= 15 is 0 Å². The predicted molar refractivity (Wildman–Crippen MR) is 654 cm³/mol. The molecule has 4 heterocycles. The fourth-order valence-corrected chi connectivity index (χ4v) is 30.4. The summed E-state index contributed by atoms with van der Waals surface area (Å²) in [4.78, 5) is 29.7. The number of rotatable bonds is 59.